The SMILES string of the molecule is Cc1c(C(=O)N2CCOc3ccc(-c4ccc(N)nc4)cc3C2)ccc(S(=O)(=O)CCN)c1F.O=C(O)C(F)(F)F. The monoisotopic (exact) mass is 598 g/mol. The van der Waals surface area contributed by atoms with Crippen LogP contribution < -0.4 is 16.2 Å². The summed E-state index contributed by atoms with van der Waals surface area (Å²) in [5, 5.41) is 7.12. The molecule has 1 aromatic heterocycles. The summed E-state index contributed by atoms with van der Waals surface area (Å²) in [6, 6.07) is 11.7. The number of aromatic nitrogens is 1. The Hall–Kier alpha value is -4.24. The molecule has 0 saturated carbocycles. The number of nitrogen functional groups attached to an aromatic ring is 1. The molecule has 0 unspecified atom stereocenters. The highest BCUT2D eigenvalue weighted by molar-refractivity contribution is 7.91. The molecule has 41 heavy (non-hydrogen) atoms. The molecule has 15 heteroatoms. The number of nitrogens with two attached hydrogens (primary N) is 2. The summed E-state index contributed by atoms with van der Waals surface area (Å²) in [5.74, 6) is -3.38. The summed E-state index contributed by atoms with van der Waals surface area (Å²) in [6.45, 7) is 2.09. The van der Waals surface area contributed by atoms with E-state index >= 15 is 0 Å². The van der Waals surface area contributed by atoms with Crippen LogP contribution in [-0.4, -0.2) is 66.9 Å². The van der Waals surface area contributed by atoms with Crippen LogP contribution in [0.2, 0.25) is 0 Å². The molecular formula is C26H26F4N4O6S. The minimum atomic E-state index is -5.08. The number of nitrogens with zero attached hydrogens (tertiary/aromatic N) is 2. The largest absolute Gasteiger partial charge is 0.491 e. The highest BCUT2D eigenvalue weighted by atomic mass is 32.2. The number of anilines is 1. The molecule has 0 atom stereocenters. The Morgan fingerprint density at radius 2 is 1.78 bits per heavy atom. The van der Waals surface area contributed by atoms with E-state index in [-0.39, 0.29) is 36.6 Å². The van der Waals surface area contributed by atoms with Crippen molar-refractivity contribution in [3.8, 4) is 16.9 Å². The quantitative estimate of drug-likeness (QED) is 0.374. The van der Waals surface area contributed by atoms with Gasteiger partial charge in [-0.15, -0.1) is 0 Å². The minimum Gasteiger partial charge on any atom is -0.491 e. The number of carboxylic acid groups (broad SMARTS) is 1. The van der Waals surface area contributed by atoms with E-state index in [0.29, 0.717) is 18.1 Å². The van der Waals surface area contributed by atoms with Gasteiger partial charge in [0.1, 0.15) is 28.9 Å². The molecule has 0 radical (unpaired) electrons. The molecule has 2 aromatic carbocycles. The van der Waals surface area contributed by atoms with Gasteiger partial charge in [0.2, 0.25) is 0 Å². The second-order valence-corrected chi connectivity index (χ2v) is 10.9. The van der Waals surface area contributed by atoms with Gasteiger partial charge in [-0.1, -0.05) is 6.07 Å². The van der Waals surface area contributed by atoms with Gasteiger partial charge in [0.15, 0.2) is 9.84 Å². The second kappa shape index (κ2) is 12.5. The number of carbonyl (C=O) groups is 2. The summed E-state index contributed by atoms with van der Waals surface area (Å²) in [4.78, 5) is 27.5. The zero-order chi connectivity index (χ0) is 30.5. The third-order valence-corrected chi connectivity index (χ3v) is 7.75. The van der Waals surface area contributed by atoms with Crippen molar-refractivity contribution in [1.29, 1.82) is 0 Å². The normalized spacial score (nSPS) is 13.3. The zero-order valence-electron chi connectivity index (χ0n) is 21.6. The first-order chi connectivity index (χ1) is 19.2. The first-order valence-electron chi connectivity index (χ1n) is 11.9. The van der Waals surface area contributed by atoms with Crippen LogP contribution in [0.3, 0.4) is 0 Å². The number of sulfone groups is 1. The Labute approximate surface area is 232 Å². The van der Waals surface area contributed by atoms with Crippen LogP contribution in [0, 0.1) is 12.7 Å². The summed E-state index contributed by atoms with van der Waals surface area (Å²) in [6.07, 6.45) is -3.41. The number of aliphatic carboxylic acids is 1. The first-order valence-corrected chi connectivity index (χ1v) is 13.6. The van der Waals surface area contributed by atoms with Crippen LogP contribution in [0.4, 0.5) is 23.4 Å². The van der Waals surface area contributed by atoms with Crippen molar-refractivity contribution >= 4 is 27.5 Å². The molecule has 3 aromatic rings. The maximum absolute atomic E-state index is 15.0. The highest BCUT2D eigenvalue weighted by Crippen LogP contribution is 2.30. The molecular weight excluding hydrogens is 572 g/mol. The van der Waals surface area contributed by atoms with E-state index in [0.717, 1.165) is 22.8 Å². The molecule has 1 amide bonds. The topological polar surface area (TPSA) is 166 Å². The van der Waals surface area contributed by atoms with Gasteiger partial charge in [-0.25, -0.2) is 22.6 Å². The van der Waals surface area contributed by atoms with Crippen LogP contribution in [0.1, 0.15) is 21.5 Å². The molecule has 0 spiro atoms. The maximum Gasteiger partial charge on any atom is 0.490 e. The zero-order valence-corrected chi connectivity index (χ0v) is 22.4. The van der Waals surface area contributed by atoms with Gasteiger partial charge in [-0.2, -0.15) is 13.2 Å². The van der Waals surface area contributed by atoms with Crippen LogP contribution in [0.15, 0.2) is 53.6 Å². The van der Waals surface area contributed by atoms with Crippen molar-refractivity contribution in [1.82, 2.24) is 9.88 Å². The summed E-state index contributed by atoms with van der Waals surface area (Å²) in [7, 11) is -3.87. The standard InChI is InChI=1S/C24H25FN4O4S.C2HF3O2/c1-15-19(4-6-21(23(15)25)34(31,32)11-8-26)24(30)29-9-10-33-20-5-2-16(12-18(20)14-29)17-3-7-22(27)28-13-17;3-2(4,5)1(6)7/h2-7,12-13H,8-11,14,26H2,1H3,(H2,27,28);(H,6,7). The van der Waals surface area contributed by atoms with Gasteiger partial charge in [0.05, 0.1) is 12.3 Å². The number of hydrogen-bond acceptors (Lipinski definition) is 8. The fourth-order valence-corrected chi connectivity index (χ4v) is 5.12. The lowest BCUT2D eigenvalue weighted by Crippen LogP contribution is -2.33. The Morgan fingerprint density at radius 3 is 2.37 bits per heavy atom. The van der Waals surface area contributed by atoms with Gasteiger partial charge < -0.3 is 26.2 Å². The Balaban J connectivity index is 0.000000587. The highest BCUT2D eigenvalue weighted by Gasteiger charge is 2.38. The molecule has 4 rings (SSSR count). The van der Waals surface area contributed by atoms with E-state index in [4.69, 9.17) is 26.1 Å². The van der Waals surface area contributed by atoms with E-state index < -0.39 is 38.6 Å². The van der Waals surface area contributed by atoms with Crippen LogP contribution in [0.5, 0.6) is 5.75 Å². The maximum atomic E-state index is 15.0. The summed E-state index contributed by atoms with van der Waals surface area (Å²) >= 11 is 0. The number of carboxylic acids is 1. The molecule has 220 valence electrons. The van der Waals surface area contributed by atoms with Crippen molar-refractivity contribution in [3.63, 3.8) is 0 Å². The van der Waals surface area contributed by atoms with Crippen molar-refractivity contribution in [2.45, 2.75) is 24.5 Å². The lowest BCUT2D eigenvalue weighted by molar-refractivity contribution is -0.192. The van der Waals surface area contributed by atoms with Gasteiger partial charge in [-0.3, -0.25) is 4.79 Å². The number of pyridine rings is 1. The van der Waals surface area contributed by atoms with Crippen LogP contribution >= 0.6 is 0 Å². The third-order valence-electron chi connectivity index (χ3n) is 5.99. The molecule has 1 aliphatic heterocycles. The van der Waals surface area contributed by atoms with Crippen LogP contribution in [-0.2, 0) is 21.2 Å². The van der Waals surface area contributed by atoms with Gasteiger partial charge in [0, 0.05) is 36.0 Å². The van der Waals surface area contributed by atoms with E-state index in [1.165, 1.54) is 13.0 Å². The fraction of sp³-hybridized carbons (Fsp3) is 0.269. The van der Waals surface area contributed by atoms with Crippen LogP contribution in [0.25, 0.3) is 11.1 Å². The smallest absolute Gasteiger partial charge is 0.490 e. The first kappa shape index (κ1) is 31.3. The molecule has 1 aliphatic rings. The number of fused-ring (bicyclic) bond motifs is 1. The van der Waals surface area contributed by atoms with Crippen molar-refractivity contribution in [3.05, 3.63) is 71.2 Å². The van der Waals surface area contributed by atoms with Crippen molar-refractivity contribution in [2.24, 2.45) is 5.73 Å². The van der Waals surface area contributed by atoms with Crippen molar-refractivity contribution in [2.75, 3.05) is 31.2 Å². The average Bonchev–Trinajstić information content (AvgIpc) is 3.12. The molecule has 10 nitrogen and oxygen atoms in total. The lowest BCUT2D eigenvalue weighted by atomic mass is 10.0. The van der Waals surface area contributed by atoms with Crippen molar-refractivity contribution < 1.29 is 45.4 Å². The predicted molar refractivity (Wildman–Crippen MR) is 140 cm³/mol. The van der Waals surface area contributed by atoms with Gasteiger partial charge in [0.25, 0.3) is 5.91 Å². The molecule has 0 saturated heterocycles. The molecule has 5 N–H and O–H groups in total. The van der Waals surface area contributed by atoms with E-state index in [1.807, 2.05) is 24.3 Å². The number of hydrogen-bond donors (Lipinski definition) is 3. The average molecular weight is 599 g/mol. The molecule has 0 fully saturated rings. The lowest BCUT2D eigenvalue weighted by Gasteiger charge is -2.21. The number of benzene rings is 2. The summed E-state index contributed by atoms with van der Waals surface area (Å²) in [5.41, 5.74) is 13.6. The van der Waals surface area contributed by atoms with E-state index in [1.54, 1.807) is 17.2 Å². The Kier molecular flexibility index (Phi) is 9.55. The Morgan fingerprint density at radius 1 is 1.12 bits per heavy atom. The number of alkyl halides is 3. The minimum absolute atomic E-state index is 0.0183. The predicted octanol–water partition coefficient (Wildman–Crippen LogP) is 3.18. The number of amides is 1. The molecule has 0 bridgehead atoms. The number of halogens is 4. The third kappa shape index (κ3) is 7.49. The molecule has 0 aliphatic carbocycles. The van der Waals surface area contributed by atoms with Gasteiger partial charge >= 0.3 is 12.1 Å². The fourth-order valence-electron chi connectivity index (χ4n) is 3.89. The van der Waals surface area contributed by atoms with E-state index in [2.05, 4.69) is 4.98 Å². The summed E-state index contributed by atoms with van der Waals surface area (Å²) < 4.78 is 77.1. The van der Waals surface area contributed by atoms with E-state index in [9.17, 15) is 30.8 Å². The molecule has 2 heterocycles. The number of ether oxygens (including phenoxy) is 1. The number of rotatable bonds is 5. The Bertz CT molecular complexity index is 1550. The number of carbonyl (C=O) groups excluding carboxylic acids is 1. The van der Waals surface area contributed by atoms with Gasteiger partial charge in [-0.05, 0) is 54.4 Å². The second-order valence-electron chi connectivity index (χ2n) is 8.83.